The Kier molecular flexibility index (Phi) is 3.57. The molecule has 0 spiro atoms. The number of benzene rings is 1. The molecule has 1 aromatic carbocycles. The van der Waals surface area contributed by atoms with E-state index in [4.69, 9.17) is 23.2 Å². The van der Waals surface area contributed by atoms with Gasteiger partial charge >= 0.3 is 0 Å². The van der Waals surface area contributed by atoms with Gasteiger partial charge in [-0.3, -0.25) is 0 Å². The van der Waals surface area contributed by atoms with Gasteiger partial charge in [0.1, 0.15) is 0 Å². The van der Waals surface area contributed by atoms with E-state index in [1.54, 1.807) is 0 Å². The van der Waals surface area contributed by atoms with Crippen LogP contribution in [0.1, 0.15) is 24.8 Å². The van der Waals surface area contributed by atoms with Crippen LogP contribution in [-0.2, 0) is 6.42 Å². The van der Waals surface area contributed by atoms with Crippen molar-refractivity contribution in [3.8, 4) is 0 Å². The van der Waals surface area contributed by atoms with E-state index in [1.165, 1.54) is 24.8 Å². The van der Waals surface area contributed by atoms with Gasteiger partial charge in [0, 0.05) is 6.04 Å². The number of fused-ring (bicyclic) bond motifs is 1. The molecule has 0 heterocycles. The van der Waals surface area contributed by atoms with E-state index in [0.29, 0.717) is 11.1 Å². The standard InChI is InChI=1S/C15H19Cl2N/c1-18-14(12-6-10-5-11(10)7-12)8-9-3-2-4-13(16)15(9)17/h2-4,10-12,14,18H,5-8H2,1H3. The highest BCUT2D eigenvalue weighted by Gasteiger charge is 2.47. The average Bonchev–Trinajstić information content (AvgIpc) is 2.98. The molecule has 18 heavy (non-hydrogen) atoms. The summed E-state index contributed by atoms with van der Waals surface area (Å²) in [7, 11) is 2.06. The van der Waals surface area contributed by atoms with Crippen LogP contribution in [0.4, 0.5) is 0 Å². The number of hydrogen-bond donors (Lipinski definition) is 1. The van der Waals surface area contributed by atoms with E-state index >= 15 is 0 Å². The summed E-state index contributed by atoms with van der Waals surface area (Å²) in [6.45, 7) is 0. The van der Waals surface area contributed by atoms with Crippen LogP contribution in [0.2, 0.25) is 10.0 Å². The van der Waals surface area contributed by atoms with Crippen molar-refractivity contribution in [3.63, 3.8) is 0 Å². The molecular formula is C15H19Cl2N. The zero-order valence-corrected chi connectivity index (χ0v) is 12.1. The van der Waals surface area contributed by atoms with Crippen LogP contribution in [0.5, 0.6) is 0 Å². The minimum atomic E-state index is 0.536. The maximum atomic E-state index is 6.28. The van der Waals surface area contributed by atoms with Gasteiger partial charge in [0.15, 0.2) is 0 Å². The summed E-state index contributed by atoms with van der Waals surface area (Å²) >= 11 is 12.4. The first-order valence-electron chi connectivity index (χ1n) is 6.79. The van der Waals surface area contributed by atoms with Crippen molar-refractivity contribution in [2.75, 3.05) is 7.05 Å². The van der Waals surface area contributed by atoms with Crippen LogP contribution in [0.25, 0.3) is 0 Å². The van der Waals surface area contributed by atoms with E-state index in [1.807, 2.05) is 12.1 Å². The van der Waals surface area contributed by atoms with Crippen molar-refractivity contribution >= 4 is 23.2 Å². The Morgan fingerprint density at radius 2 is 1.94 bits per heavy atom. The fraction of sp³-hybridized carbons (Fsp3) is 0.600. The van der Waals surface area contributed by atoms with Gasteiger partial charge in [-0.25, -0.2) is 0 Å². The first-order valence-corrected chi connectivity index (χ1v) is 7.54. The predicted octanol–water partition coefficient (Wildman–Crippen LogP) is 4.17. The van der Waals surface area contributed by atoms with Crippen molar-refractivity contribution in [1.82, 2.24) is 5.32 Å². The lowest BCUT2D eigenvalue weighted by Gasteiger charge is -2.25. The van der Waals surface area contributed by atoms with E-state index in [2.05, 4.69) is 18.4 Å². The second-order valence-corrected chi connectivity index (χ2v) is 6.58. The number of nitrogens with one attached hydrogen (secondary N) is 1. The number of halogens is 2. The van der Waals surface area contributed by atoms with Crippen LogP contribution < -0.4 is 5.32 Å². The third-order valence-electron chi connectivity index (χ3n) is 4.69. The molecule has 3 unspecified atom stereocenters. The van der Waals surface area contributed by atoms with Gasteiger partial charge in [0.2, 0.25) is 0 Å². The molecule has 1 aromatic rings. The van der Waals surface area contributed by atoms with Gasteiger partial charge in [0.05, 0.1) is 10.0 Å². The molecule has 3 rings (SSSR count). The van der Waals surface area contributed by atoms with E-state index in [0.717, 1.165) is 29.2 Å². The SMILES string of the molecule is CNC(Cc1cccc(Cl)c1Cl)C1CC2CC2C1. The first-order chi connectivity index (χ1) is 8.69. The molecule has 0 aliphatic heterocycles. The Morgan fingerprint density at radius 1 is 1.22 bits per heavy atom. The molecule has 0 radical (unpaired) electrons. The van der Waals surface area contributed by atoms with Crippen LogP contribution in [0.3, 0.4) is 0 Å². The Hall–Kier alpha value is -0.240. The second kappa shape index (κ2) is 5.03. The summed E-state index contributed by atoms with van der Waals surface area (Å²) in [6.07, 6.45) is 5.26. The largest absolute Gasteiger partial charge is 0.316 e. The number of rotatable bonds is 4. The zero-order valence-electron chi connectivity index (χ0n) is 10.6. The highest BCUT2D eigenvalue weighted by molar-refractivity contribution is 6.42. The Bertz CT molecular complexity index is 436. The van der Waals surface area contributed by atoms with E-state index in [-0.39, 0.29) is 0 Å². The quantitative estimate of drug-likeness (QED) is 0.875. The maximum absolute atomic E-state index is 6.28. The Balaban J connectivity index is 1.71. The van der Waals surface area contributed by atoms with Gasteiger partial charge < -0.3 is 5.32 Å². The van der Waals surface area contributed by atoms with Crippen molar-refractivity contribution in [2.24, 2.45) is 17.8 Å². The molecule has 98 valence electrons. The lowest BCUT2D eigenvalue weighted by molar-refractivity contribution is 0.349. The molecule has 0 bridgehead atoms. The first kappa shape index (κ1) is 12.8. The molecular weight excluding hydrogens is 265 g/mol. The van der Waals surface area contributed by atoms with Crippen molar-refractivity contribution < 1.29 is 0 Å². The molecule has 3 heteroatoms. The fourth-order valence-electron chi connectivity index (χ4n) is 3.54. The number of likely N-dealkylation sites (N-methyl/N-ethyl adjacent to an activating group) is 1. The summed E-state index contributed by atoms with van der Waals surface area (Å²) in [5, 5.41) is 4.87. The molecule has 1 N–H and O–H groups in total. The molecule has 1 nitrogen and oxygen atoms in total. The van der Waals surface area contributed by atoms with Gasteiger partial charge in [-0.2, -0.15) is 0 Å². The van der Waals surface area contributed by atoms with Gasteiger partial charge in [-0.05, 0) is 62.1 Å². The summed E-state index contributed by atoms with van der Waals surface area (Å²) in [6, 6.07) is 6.47. The molecule has 2 aliphatic carbocycles. The van der Waals surface area contributed by atoms with Gasteiger partial charge in [0.25, 0.3) is 0 Å². The zero-order chi connectivity index (χ0) is 12.7. The third kappa shape index (κ3) is 2.41. The van der Waals surface area contributed by atoms with Crippen LogP contribution in [0.15, 0.2) is 18.2 Å². The fourth-order valence-corrected chi connectivity index (χ4v) is 3.93. The molecule has 3 atom stereocenters. The van der Waals surface area contributed by atoms with E-state index in [9.17, 15) is 0 Å². The van der Waals surface area contributed by atoms with Crippen LogP contribution in [-0.4, -0.2) is 13.1 Å². The van der Waals surface area contributed by atoms with Crippen molar-refractivity contribution in [3.05, 3.63) is 33.8 Å². The summed E-state index contributed by atoms with van der Waals surface area (Å²) in [5.41, 5.74) is 1.17. The molecule has 2 fully saturated rings. The Morgan fingerprint density at radius 3 is 2.61 bits per heavy atom. The molecule has 2 saturated carbocycles. The van der Waals surface area contributed by atoms with Crippen LogP contribution in [0, 0.1) is 17.8 Å². The molecule has 0 saturated heterocycles. The van der Waals surface area contributed by atoms with Crippen molar-refractivity contribution in [1.29, 1.82) is 0 Å². The minimum Gasteiger partial charge on any atom is -0.316 e. The molecule has 0 amide bonds. The van der Waals surface area contributed by atoms with Crippen LogP contribution >= 0.6 is 23.2 Å². The maximum Gasteiger partial charge on any atom is 0.0624 e. The summed E-state index contributed by atoms with van der Waals surface area (Å²) in [4.78, 5) is 0. The predicted molar refractivity (Wildman–Crippen MR) is 77.3 cm³/mol. The lowest BCUT2D eigenvalue weighted by atomic mass is 9.90. The minimum absolute atomic E-state index is 0.536. The van der Waals surface area contributed by atoms with E-state index < -0.39 is 0 Å². The van der Waals surface area contributed by atoms with Gasteiger partial charge in [-0.15, -0.1) is 0 Å². The topological polar surface area (TPSA) is 12.0 Å². The number of hydrogen-bond acceptors (Lipinski definition) is 1. The van der Waals surface area contributed by atoms with Gasteiger partial charge in [-0.1, -0.05) is 35.3 Å². The lowest BCUT2D eigenvalue weighted by Crippen LogP contribution is -2.35. The third-order valence-corrected chi connectivity index (χ3v) is 5.55. The summed E-state index contributed by atoms with van der Waals surface area (Å²) < 4.78 is 0. The summed E-state index contributed by atoms with van der Waals surface area (Å²) in [5.74, 6) is 2.87. The average molecular weight is 284 g/mol. The molecule has 2 aliphatic rings. The smallest absolute Gasteiger partial charge is 0.0624 e. The molecule has 0 aromatic heterocycles. The highest BCUT2D eigenvalue weighted by Crippen LogP contribution is 2.55. The Labute approximate surface area is 119 Å². The van der Waals surface area contributed by atoms with Crippen molar-refractivity contribution in [2.45, 2.75) is 31.7 Å². The second-order valence-electron chi connectivity index (χ2n) is 5.80. The highest BCUT2D eigenvalue weighted by atomic mass is 35.5. The normalized spacial score (nSPS) is 31.2. The monoisotopic (exact) mass is 283 g/mol.